The van der Waals surface area contributed by atoms with Crippen molar-refractivity contribution >= 4 is 45.2 Å². The normalized spacial score (nSPS) is 14.8. The fourth-order valence-corrected chi connectivity index (χ4v) is 6.48. The maximum atomic E-state index is 13.6. The minimum Gasteiger partial charge on any atom is -0.497 e. The molecule has 1 aliphatic rings. The Hall–Kier alpha value is -4.47. The maximum Gasteiger partial charge on any atom is 0.243 e. The van der Waals surface area contributed by atoms with Gasteiger partial charge in [0.25, 0.3) is 0 Å². The van der Waals surface area contributed by atoms with E-state index in [1.165, 1.54) is 5.56 Å². The molecule has 9 nitrogen and oxygen atoms in total. The number of methoxy groups -OCH3 is 2. The second-order valence-corrected chi connectivity index (χ2v) is 12.0. The zero-order chi connectivity index (χ0) is 31.3. The summed E-state index contributed by atoms with van der Waals surface area (Å²) in [6.45, 7) is 2.08. The van der Waals surface area contributed by atoms with Crippen molar-refractivity contribution < 1.29 is 19.1 Å². The highest BCUT2D eigenvalue weighted by molar-refractivity contribution is 6.31. The number of benzene rings is 3. The van der Waals surface area contributed by atoms with E-state index in [-0.39, 0.29) is 24.9 Å². The number of hydrogen-bond donors (Lipinski definition) is 4. The Morgan fingerprint density at radius 2 is 1.64 bits per heavy atom. The average molecular weight is 628 g/mol. The molecule has 234 valence electrons. The van der Waals surface area contributed by atoms with Crippen LogP contribution in [0.2, 0.25) is 5.02 Å². The lowest BCUT2D eigenvalue weighted by atomic mass is 9.89. The molecule has 1 fully saturated rings. The number of fused-ring (bicyclic) bond motifs is 2. The van der Waals surface area contributed by atoms with Gasteiger partial charge in [-0.3, -0.25) is 14.5 Å². The predicted octanol–water partition coefficient (Wildman–Crippen LogP) is 5.54. The van der Waals surface area contributed by atoms with E-state index in [0.29, 0.717) is 23.8 Å². The number of halogens is 1. The fraction of sp³-hybridized carbons (Fsp3) is 0.314. The summed E-state index contributed by atoms with van der Waals surface area (Å²) in [4.78, 5) is 35.8. The van der Waals surface area contributed by atoms with Crippen LogP contribution in [-0.4, -0.2) is 66.6 Å². The zero-order valence-electron chi connectivity index (χ0n) is 25.5. The van der Waals surface area contributed by atoms with Gasteiger partial charge in [0, 0.05) is 58.3 Å². The molecular formula is C35H38ClN5O4. The van der Waals surface area contributed by atoms with Gasteiger partial charge in [-0.2, -0.15) is 0 Å². The maximum absolute atomic E-state index is 13.6. The Labute approximate surface area is 267 Å². The van der Waals surface area contributed by atoms with Gasteiger partial charge in [0.15, 0.2) is 0 Å². The second kappa shape index (κ2) is 13.7. The van der Waals surface area contributed by atoms with Crippen molar-refractivity contribution in [2.75, 3.05) is 33.9 Å². The number of H-pyrrole nitrogens is 2. The highest BCUT2D eigenvalue weighted by Gasteiger charge is 2.27. The molecule has 2 amide bonds. The van der Waals surface area contributed by atoms with E-state index in [9.17, 15) is 9.59 Å². The van der Waals surface area contributed by atoms with E-state index < -0.39 is 6.04 Å². The SMILES string of the molecule is COc1cc(CNC(=O)[C@@H](Cc2c[nH]c3ccccc23)NC(=O)CN2CCC(c3c[nH]c4ccc(Cl)cc34)CC2)cc(OC)c1. The van der Waals surface area contributed by atoms with Crippen LogP contribution < -0.4 is 20.1 Å². The summed E-state index contributed by atoms with van der Waals surface area (Å²) in [7, 11) is 3.18. The first-order chi connectivity index (χ1) is 21.9. The Bertz CT molecular complexity index is 1780. The number of ether oxygens (including phenoxy) is 2. The van der Waals surface area contributed by atoms with Gasteiger partial charge in [0.2, 0.25) is 11.8 Å². The van der Waals surface area contributed by atoms with Gasteiger partial charge in [0.05, 0.1) is 20.8 Å². The van der Waals surface area contributed by atoms with Crippen molar-refractivity contribution in [1.29, 1.82) is 0 Å². The Balaban J connectivity index is 1.11. The molecular weight excluding hydrogens is 590 g/mol. The number of piperidine rings is 1. The number of carbonyl (C=O) groups excluding carboxylic acids is 2. The van der Waals surface area contributed by atoms with Crippen LogP contribution in [0.25, 0.3) is 21.8 Å². The standard InChI is InChI=1S/C35H38ClN5O4/c1-44-26-13-22(14-27(17-26)45-2)18-39-35(43)33(15-24-19-37-31-6-4-3-5-28(24)31)40-34(42)21-41-11-9-23(10-12-41)30-20-38-32-8-7-25(36)16-29(30)32/h3-8,13-14,16-17,19-20,23,33,37-38H,9-12,15,18,21H2,1-2H3,(H,39,43)(H,40,42)/t33-/m1/s1. The van der Waals surface area contributed by atoms with Crippen LogP contribution >= 0.6 is 11.6 Å². The van der Waals surface area contributed by atoms with Crippen molar-refractivity contribution in [2.24, 2.45) is 0 Å². The first-order valence-electron chi connectivity index (χ1n) is 15.2. The van der Waals surface area contributed by atoms with Gasteiger partial charge in [-0.1, -0.05) is 29.8 Å². The third-order valence-electron chi connectivity index (χ3n) is 8.70. The molecule has 3 heterocycles. The van der Waals surface area contributed by atoms with Crippen molar-refractivity contribution in [2.45, 2.75) is 37.8 Å². The molecule has 0 radical (unpaired) electrons. The predicted molar refractivity (Wildman–Crippen MR) is 177 cm³/mol. The van der Waals surface area contributed by atoms with Crippen LogP contribution in [0.3, 0.4) is 0 Å². The number of amides is 2. The first kappa shape index (κ1) is 30.6. The number of likely N-dealkylation sites (tertiary alicyclic amines) is 1. The van der Waals surface area contributed by atoms with Crippen LogP contribution in [0.5, 0.6) is 11.5 Å². The van der Waals surface area contributed by atoms with E-state index >= 15 is 0 Å². The smallest absolute Gasteiger partial charge is 0.243 e. The molecule has 45 heavy (non-hydrogen) atoms. The molecule has 0 unspecified atom stereocenters. The zero-order valence-corrected chi connectivity index (χ0v) is 26.2. The molecule has 1 saturated heterocycles. The van der Waals surface area contributed by atoms with Crippen LogP contribution in [0, 0.1) is 0 Å². The number of carbonyl (C=O) groups is 2. The second-order valence-electron chi connectivity index (χ2n) is 11.6. The van der Waals surface area contributed by atoms with E-state index in [0.717, 1.165) is 63.9 Å². The molecule has 0 aliphatic carbocycles. The largest absolute Gasteiger partial charge is 0.497 e. The number of para-hydroxylation sites is 1. The minimum absolute atomic E-state index is 0.171. The molecule has 2 aromatic heterocycles. The molecule has 4 N–H and O–H groups in total. The van der Waals surface area contributed by atoms with Crippen molar-refractivity contribution in [1.82, 2.24) is 25.5 Å². The van der Waals surface area contributed by atoms with Gasteiger partial charge in [-0.05, 0) is 84.9 Å². The average Bonchev–Trinajstić information content (AvgIpc) is 3.67. The van der Waals surface area contributed by atoms with E-state index in [4.69, 9.17) is 21.1 Å². The van der Waals surface area contributed by atoms with Crippen LogP contribution in [-0.2, 0) is 22.6 Å². The van der Waals surface area contributed by atoms with E-state index in [2.05, 4.69) is 31.7 Å². The molecule has 0 saturated carbocycles. The monoisotopic (exact) mass is 627 g/mol. The topological polar surface area (TPSA) is 111 Å². The van der Waals surface area contributed by atoms with Crippen molar-refractivity contribution in [3.63, 3.8) is 0 Å². The molecule has 6 rings (SSSR count). The summed E-state index contributed by atoms with van der Waals surface area (Å²) < 4.78 is 10.7. The van der Waals surface area contributed by atoms with E-state index in [1.54, 1.807) is 20.3 Å². The number of nitrogens with one attached hydrogen (secondary N) is 4. The first-order valence-corrected chi connectivity index (χ1v) is 15.6. The third kappa shape index (κ3) is 7.10. The number of aromatic nitrogens is 2. The van der Waals surface area contributed by atoms with Crippen molar-refractivity contribution in [3.05, 3.63) is 94.8 Å². The molecule has 0 bridgehead atoms. The number of hydrogen-bond acceptors (Lipinski definition) is 5. The molecule has 1 atom stereocenters. The van der Waals surface area contributed by atoms with Crippen LogP contribution in [0.4, 0.5) is 0 Å². The summed E-state index contributed by atoms with van der Waals surface area (Å²) in [6, 6.07) is 18.6. The summed E-state index contributed by atoms with van der Waals surface area (Å²) >= 11 is 6.27. The molecule has 3 aromatic carbocycles. The summed E-state index contributed by atoms with van der Waals surface area (Å²) in [5, 5.41) is 8.98. The van der Waals surface area contributed by atoms with Gasteiger partial charge in [-0.15, -0.1) is 0 Å². The number of rotatable bonds is 11. The summed E-state index contributed by atoms with van der Waals surface area (Å²) in [5.41, 5.74) is 5.15. The molecule has 1 aliphatic heterocycles. The van der Waals surface area contributed by atoms with Gasteiger partial charge >= 0.3 is 0 Å². The Morgan fingerprint density at radius 1 is 0.933 bits per heavy atom. The number of nitrogens with zero attached hydrogens (tertiary/aromatic N) is 1. The summed E-state index contributed by atoms with van der Waals surface area (Å²) in [5.74, 6) is 1.24. The lowest BCUT2D eigenvalue weighted by molar-refractivity contribution is -0.129. The quantitative estimate of drug-likeness (QED) is 0.154. The Kier molecular flexibility index (Phi) is 9.28. The van der Waals surface area contributed by atoms with Crippen LogP contribution in [0.15, 0.2) is 73.1 Å². The fourth-order valence-electron chi connectivity index (χ4n) is 6.31. The van der Waals surface area contributed by atoms with Crippen molar-refractivity contribution in [3.8, 4) is 11.5 Å². The van der Waals surface area contributed by atoms with Crippen LogP contribution in [0.1, 0.15) is 35.4 Å². The number of aromatic amines is 2. The Morgan fingerprint density at radius 3 is 2.40 bits per heavy atom. The lowest BCUT2D eigenvalue weighted by Gasteiger charge is -2.32. The highest BCUT2D eigenvalue weighted by atomic mass is 35.5. The third-order valence-corrected chi connectivity index (χ3v) is 8.93. The van der Waals surface area contributed by atoms with Gasteiger partial charge in [-0.25, -0.2) is 0 Å². The molecule has 0 spiro atoms. The molecule has 10 heteroatoms. The minimum atomic E-state index is -0.752. The summed E-state index contributed by atoms with van der Waals surface area (Å²) in [6.07, 6.45) is 6.23. The lowest BCUT2D eigenvalue weighted by Crippen LogP contribution is -2.51. The van der Waals surface area contributed by atoms with E-state index in [1.807, 2.05) is 60.8 Å². The highest BCUT2D eigenvalue weighted by Crippen LogP contribution is 2.34. The van der Waals surface area contributed by atoms with Gasteiger partial charge < -0.3 is 30.1 Å². The molecule has 5 aromatic rings. The van der Waals surface area contributed by atoms with Gasteiger partial charge in [0.1, 0.15) is 17.5 Å².